The van der Waals surface area contributed by atoms with E-state index in [1.54, 1.807) is 7.11 Å². The van der Waals surface area contributed by atoms with Gasteiger partial charge in [0.2, 0.25) is 0 Å². The van der Waals surface area contributed by atoms with Crippen LogP contribution in [0.3, 0.4) is 0 Å². The van der Waals surface area contributed by atoms with Crippen molar-refractivity contribution >= 4 is 38.0 Å². The third-order valence-electron chi connectivity index (χ3n) is 16.2. The van der Waals surface area contributed by atoms with Crippen LogP contribution in [0, 0.1) is 0 Å². The highest BCUT2D eigenvalue weighted by atomic mass is 32.2. The quantitative estimate of drug-likeness (QED) is 0.0369. The van der Waals surface area contributed by atoms with E-state index in [1.807, 2.05) is 28.8 Å². The van der Waals surface area contributed by atoms with Crippen molar-refractivity contribution in [3.05, 3.63) is 101 Å². The molecule has 1 spiro atoms. The van der Waals surface area contributed by atoms with Crippen LogP contribution in [0.2, 0.25) is 0 Å². The minimum atomic E-state index is -3.15. The van der Waals surface area contributed by atoms with E-state index in [0.717, 1.165) is 48.0 Å². The second-order valence-corrected chi connectivity index (χ2v) is 24.1. The third-order valence-corrected chi connectivity index (χ3v) is 18.0. The summed E-state index contributed by atoms with van der Waals surface area (Å²) in [5.41, 5.74) is 6.70. The number of methoxy groups -OCH3 is 1. The van der Waals surface area contributed by atoms with Crippen LogP contribution < -0.4 is 14.9 Å². The zero-order chi connectivity index (χ0) is 51.0. The molecule has 0 unspecified atom stereocenters. The van der Waals surface area contributed by atoms with Crippen LogP contribution >= 0.6 is 0 Å². The van der Waals surface area contributed by atoms with Crippen molar-refractivity contribution in [3.63, 3.8) is 0 Å². The molecule has 0 N–H and O–H groups in total. The number of ether oxygens (including phenoxy) is 1. The molecule has 8 nitrogen and oxygen atoms in total. The summed E-state index contributed by atoms with van der Waals surface area (Å²) in [6, 6.07) is 21.8. The number of unbranched alkanes of at least 4 members (excludes halogenated alkanes) is 24. The molecule has 1 fully saturated rings. The highest BCUT2D eigenvalue weighted by molar-refractivity contribution is 7.91. The van der Waals surface area contributed by atoms with E-state index < -0.39 is 9.84 Å². The average molecular weight is 1010 g/mol. The van der Waals surface area contributed by atoms with Gasteiger partial charge in [-0.3, -0.25) is 0 Å². The number of benzene rings is 3. The number of anilines is 1. The van der Waals surface area contributed by atoms with Crippen molar-refractivity contribution in [1.29, 1.82) is 0 Å². The number of nitrogens with zero attached hydrogens (tertiary/aromatic N) is 5. The van der Waals surface area contributed by atoms with Gasteiger partial charge < -0.3 is 9.64 Å². The first-order valence-corrected chi connectivity index (χ1v) is 31.5. The van der Waals surface area contributed by atoms with Crippen molar-refractivity contribution in [3.8, 4) is 17.0 Å². The maximum absolute atomic E-state index is 13.1. The molecule has 2 aromatic heterocycles. The number of rotatable bonds is 36. The predicted octanol–water partition coefficient (Wildman–Crippen LogP) is 16.8. The Labute approximate surface area is 441 Å². The van der Waals surface area contributed by atoms with Crippen LogP contribution in [0.4, 0.5) is 5.69 Å². The Balaban J connectivity index is 1.02. The van der Waals surface area contributed by atoms with Gasteiger partial charge in [-0.1, -0.05) is 241 Å². The fourth-order valence-electron chi connectivity index (χ4n) is 12.1. The molecule has 1 saturated carbocycles. The molecular formula is C64H93N5O3S. The summed E-state index contributed by atoms with van der Waals surface area (Å²) < 4.78 is 33.9. The van der Waals surface area contributed by atoms with E-state index in [-0.39, 0.29) is 16.9 Å². The molecule has 0 amide bonds. The van der Waals surface area contributed by atoms with Crippen molar-refractivity contribution < 1.29 is 13.2 Å². The molecule has 1 aliphatic heterocycles. The van der Waals surface area contributed by atoms with Crippen LogP contribution in [0.15, 0.2) is 84.6 Å². The van der Waals surface area contributed by atoms with E-state index in [9.17, 15) is 8.42 Å². The summed E-state index contributed by atoms with van der Waals surface area (Å²) in [7, 11) is -1.46. The SMILES string of the molecule is CCCCCCCCCCCCCCCCCCN1/C(=C/C=C/C=c2/c(-c3ccccc3OC)nn3c(CCCS(=O)(=O)CCCCCCCCCCCC)nnc23)C2(CCCC2)c2ccc3ccccc3c21. The molecule has 73 heavy (non-hydrogen) atoms. The summed E-state index contributed by atoms with van der Waals surface area (Å²) in [5, 5.41) is 17.9. The number of fused-ring (bicyclic) bond motifs is 5. The summed E-state index contributed by atoms with van der Waals surface area (Å²) >= 11 is 0. The Hall–Kier alpha value is -4.50. The van der Waals surface area contributed by atoms with Crippen molar-refractivity contribution in [2.24, 2.45) is 0 Å². The number of para-hydroxylation sites is 1. The smallest absolute Gasteiger partial charge is 0.187 e. The van der Waals surface area contributed by atoms with Crippen LogP contribution in [0.5, 0.6) is 5.75 Å². The molecule has 0 atom stereocenters. The lowest BCUT2D eigenvalue weighted by Crippen LogP contribution is -2.29. The van der Waals surface area contributed by atoms with Crippen molar-refractivity contribution in [2.75, 3.05) is 30.1 Å². The van der Waals surface area contributed by atoms with Crippen LogP contribution in [0.1, 0.15) is 224 Å². The molecular weight excluding hydrogens is 919 g/mol. The Morgan fingerprint density at radius 3 is 1.78 bits per heavy atom. The lowest BCUT2D eigenvalue weighted by Gasteiger charge is -2.30. The molecule has 5 aromatic rings. The van der Waals surface area contributed by atoms with Gasteiger partial charge in [0.25, 0.3) is 0 Å². The number of hydrogen-bond donors (Lipinski definition) is 0. The van der Waals surface area contributed by atoms with Crippen LogP contribution in [-0.4, -0.2) is 53.4 Å². The molecule has 398 valence electrons. The Kier molecular flexibility index (Phi) is 23.2. The van der Waals surface area contributed by atoms with E-state index in [2.05, 4.69) is 89.6 Å². The summed E-state index contributed by atoms with van der Waals surface area (Å²) in [4.78, 5) is 2.71. The standard InChI is InChI=1S/C64H93N5O3S/c1-4-6-8-10-12-14-16-17-18-19-20-21-22-24-26-36-50-68-59(64(48-34-35-49-64)57-47-46-53-39-28-29-40-54(53)62(57)68)44-33-31-42-56-61(55-41-30-32-43-58(55)72-3)67-69-60(65-66-63(56)69)45-38-52-73(70,71)51-37-27-25-23-15-13-11-9-7-5-2/h28-33,39-44,46-47H,4-27,34-38,45,48-52H2,1-3H3/b33-31+,56-42-,59-44+. The van der Waals surface area contributed by atoms with Gasteiger partial charge in [0, 0.05) is 40.2 Å². The Morgan fingerprint density at radius 1 is 0.603 bits per heavy atom. The second kappa shape index (κ2) is 30.2. The average Bonchev–Trinajstić information content (AvgIpc) is 4.20. The molecule has 7 rings (SSSR count). The van der Waals surface area contributed by atoms with Crippen LogP contribution in [-0.2, 0) is 21.7 Å². The fraction of sp³-hybridized carbons (Fsp3) is 0.609. The normalized spacial score (nSPS) is 15.4. The molecule has 0 radical (unpaired) electrons. The molecule has 0 bridgehead atoms. The first-order chi connectivity index (χ1) is 35.9. The largest absolute Gasteiger partial charge is 0.496 e. The Morgan fingerprint density at radius 2 is 1.15 bits per heavy atom. The van der Waals surface area contributed by atoms with Crippen molar-refractivity contribution in [1.82, 2.24) is 19.8 Å². The lowest BCUT2D eigenvalue weighted by molar-refractivity contribution is 0.416. The lowest BCUT2D eigenvalue weighted by atomic mass is 9.77. The summed E-state index contributed by atoms with van der Waals surface area (Å²) in [5.74, 6) is 1.82. The molecule has 3 aromatic carbocycles. The highest BCUT2D eigenvalue weighted by Gasteiger charge is 2.48. The molecule has 0 saturated heterocycles. The highest BCUT2D eigenvalue weighted by Crippen LogP contribution is 2.58. The minimum Gasteiger partial charge on any atom is -0.496 e. The van der Waals surface area contributed by atoms with Crippen LogP contribution in [0.25, 0.3) is 33.8 Å². The van der Waals surface area contributed by atoms with Gasteiger partial charge in [0.1, 0.15) is 21.3 Å². The number of aromatic nitrogens is 4. The van der Waals surface area contributed by atoms with Gasteiger partial charge in [0.15, 0.2) is 11.5 Å². The summed E-state index contributed by atoms with van der Waals surface area (Å²) in [6.45, 7) is 5.58. The maximum Gasteiger partial charge on any atom is 0.187 e. The number of sulfone groups is 1. The first-order valence-electron chi connectivity index (χ1n) is 29.7. The molecule has 1 aliphatic carbocycles. The molecule has 9 heteroatoms. The van der Waals surface area contributed by atoms with Gasteiger partial charge in [-0.2, -0.15) is 9.61 Å². The van der Waals surface area contributed by atoms with Gasteiger partial charge >= 0.3 is 0 Å². The second-order valence-electron chi connectivity index (χ2n) is 21.8. The topological polar surface area (TPSA) is 89.7 Å². The molecule has 3 heterocycles. The van der Waals surface area contributed by atoms with Gasteiger partial charge in [-0.05, 0) is 67.3 Å². The predicted molar refractivity (Wildman–Crippen MR) is 309 cm³/mol. The van der Waals surface area contributed by atoms with Gasteiger partial charge in [0.05, 0.1) is 24.3 Å². The van der Waals surface area contributed by atoms with E-state index >= 15 is 0 Å². The zero-order valence-corrected chi connectivity index (χ0v) is 46.5. The minimum absolute atomic E-state index is 0.0130. The van der Waals surface area contributed by atoms with E-state index in [0.29, 0.717) is 24.3 Å². The summed E-state index contributed by atoms with van der Waals surface area (Å²) in [6.07, 6.45) is 48.6. The third kappa shape index (κ3) is 15.8. The first kappa shape index (κ1) is 56.2. The number of hydrogen-bond acceptors (Lipinski definition) is 7. The van der Waals surface area contributed by atoms with Gasteiger partial charge in [-0.15, -0.1) is 10.2 Å². The monoisotopic (exact) mass is 1010 g/mol. The fourth-order valence-corrected chi connectivity index (χ4v) is 13.5. The van der Waals surface area contributed by atoms with E-state index in [4.69, 9.17) is 9.84 Å². The van der Waals surface area contributed by atoms with Gasteiger partial charge in [-0.25, -0.2) is 8.42 Å². The number of allylic oxidation sites excluding steroid dienone is 4. The van der Waals surface area contributed by atoms with Crippen molar-refractivity contribution in [2.45, 2.75) is 225 Å². The van der Waals surface area contributed by atoms with E-state index in [1.165, 1.54) is 201 Å². The maximum atomic E-state index is 13.1. The Bertz CT molecular complexity index is 2640. The molecule has 2 aliphatic rings. The number of aryl methyl sites for hydroxylation is 1. The zero-order valence-electron chi connectivity index (χ0n) is 45.7.